The van der Waals surface area contributed by atoms with E-state index < -0.39 is 15.2 Å². The van der Waals surface area contributed by atoms with Gasteiger partial charge in [0.15, 0.2) is 9.84 Å². The molecule has 16 heavy (non-hydrogen) atoms. The molecule has 0 aliphatic carbocycles. The predicted octanol–water partition coefficient (Wildman–Crippen LogP) is 1.79. The smallest absolute Gasteiger partial charge is 0.194 e. The molecule has 1 heterocycles. The Balaban J connectivity index is 2.39. The molecule has 0 bridgehead atoms. The van der Waals surface area contributed by atoms with Gasteiger partial charge in [0.05, 0.1) is 4.90 Å². The fraction of sp³-hybridized carbons (Fsp3) is 0.500. The first-order valence-electron chi connectivity index (χ1n) is 5.56. The monoisotopic (exact) mass is 239 g/mol. The average molecular weight is 239 g/mol. The third kappa shape index (κ3) is 1.99. The van der Waals surface area contributed by atoms with Gasteiger partial charge >= 0.3 is 0 Å². The summed E-state index contributed by atoms with van der Waals surface area (Å²) >= 11 is 0. The molecule has 1 aliphatic rings. The molecule has 1 aromatic carbocycles. The first-order valence-corrected chi connectivity index (χ1v) is 7.11. The summed E-state index contributed by atoms with van der Waals surface area (Å²) in [7, 11) is -3.19. The Morgan fingerprint density at radius 1 is 1.25 bits per heavy atom. The van der Waals surface area contributed by atoms with Gasteiger partial charge in [-0.3, -0.25) is 0 Å². The van der Waals surface area contributed by atoms with Crippen molar-refractivity contribution in [2.24, 2.45) is 0 Å². The summed E-state index contributed by atoms with van der Waals surface area (Å²) in [6.45, 7) is 4.73. The van der Waals surface area contributed by atoms with Crippen LogP contribution in [0.1, 0.15) is 24.0 Å². The molecule has 1 saturated heterocycles. The maximum Gasteiger partial charge on any atom is 0.194 e. The van der Waals surface area contributed by atoms with Gasteiger partial charge in [0.25, 0.3) is 0 Å². The third-order valence-electron chi connectivity index (χ3n) is 3.20. The summed E-state index contributed by atoms with van der Waals surface area (Å²) in [5.74, 6) is 0. The molecule has 1 N–H and O–H groups in total. The Kier molecular flexibility index (Phi) is 3.04. The number of rotatable bonds is 2. The van der Waals surface area contributed by atoms with E-state index in [-0.39, 0.29) is 0 Å². The molecule has 0 saturated carbocycles. The number of sulfone groups is 1. The normalized spacial score (nSPS) is 21.2. The van der Waals surface area contributed by atoms with E-state index in [0.717, 1.165) is 30.5 Å². The van der Waals surface area contributed by atoms with Gasteiger partial charge in [-0.2, -0.15) is 0 Å². The Bertz CT molecular complexity index is 488. The highest BCUT2D eigenvalue weighted by Crippen LogP contribution is 2.22. The van der Waals surface area contributed by atoms with Crippen LogP contribution in [0.15, 0.2) is 23.1 Å². The van der Waals surface area contributed by atoms with Gasteiger partial charge < -0.3 is 5.32 Å². The molecule has 4 heteroatoms. The minimum absolute atomic E-state index is 0.394. The van der Waals surface area contributed by atoms with E-state index in [1.807, 2.05) is 19.9 Å². The van der Waals surface area contributed by atoms with Crippen molar-refractivity contribution in [2.75, 3.05) is 6.54 Å². The van der Waals surface area contributed by atoms with E-state index in [2.05, 4.69) is 5.32 Å². The van der Waals surface area contributed by atoms with Crippen LogP contribution in [0.25, 0.3) is 0 Å². The number of nitrogens with one attached hydrogen (secondary N) is 1. The standard InChI is InChI=1S/C12H17NO2S/c1-9-5-6-11(8-10(9)2)16(14,15)12-4-3-7-13-12/h5-6,8,12-13H,3-4,7H2,1-2H3. The van der Waals surface area contributed by atoms with E-state index in [1.165, 1.54) is 0 Å². The third-order valence-corrected chi connectivity index (χ3v) is 5.26. The summed E-state index contributed by atoms with van der Waals surface area (Å²) in [4.78, 5) is 0.440. The summed E-state index contributed by atoms with van der Waals surface area (Å²) in [6, 6.07) is 5.35. The van der Waals surface area contributed by atoms with Crippen LogP contribution in [0.5, 0.6) is 0 Å². The van der Waals surface area contributed by atoms with Crippen molar-refractivity contribution in [1.29, 1.82) is 0 Å². The molecular formula is C12H17NO2S. The molecule has 0 amide bonds. The number of benzene rings is 1. The van der Waals surface area contributed by atoms with Crippen molar-refractivity contribution >= 4 is 9.84 Å². The zero-order valence-electron chi connectivity index (χ0n) is 9.66. The largest absolute Gasteiger partial charge is 0.301 e. The first kappa shape index (κ1) is 11.6. The quantitative estimate of drug-likeness (QED) is 0.856. The van der Waals surface area contributed by atoms with E-state index in [0.29, 0.717) is 4.90 Å². The molecule has 1 atom stereocenters. The molecule has 0 radical (unpaired) electrons. The summed E-state index contributed by atoms with van der Waals surface area (Å²) in [5.41, 5.74) is 2.15. The van der Waals surface area contributed by atoms with Gasteiger partial charge in [-0.15, -0.1) is 0 Å². The summed E-state index contributed by atoms with van der Waals surface area (Å²) in [5, 5.41) is 2.65. The van der Waals surface area contributed by atoms with Gasteiger partial charge in [-0.25, -0.2) is 8.42 Å². The van der Waals surface area contributed by atoms with Crippen LogP contribution < -0.4 is 5.32 Å². The van der Waals surface area contributed by atoms with E-state index >= 15 is 0 Å². The Labute approximate surface area is 96.8 Å². The minimum Gasteiger partial charge on any atom is -0.301 e. The van der Waals surface area contributed by atoms with Crippen LogP contribution >= 0.6 is 0 Å². The topological polar surface area (TPSA) is 46.2 Å². The molecule has 2 rings (SSSR count). The molecule has 1 fully saturated rings. The summed E-state index contributed by atoms with van der Waals surface area (Å²) in [6.07, 6.45) is 1.66. The Hall–Kier alpha value is -0.870. The fourth-order valence-electron chi connectivity index (χ4n) is 1.97. The van der Waals surface area contributed by atoms with Crippen molar-refractivity contribution in [3.05, 3.63) is 29.3 Å². The molecule has 1 aliphatic heterocycles. The number of aryl methyl sites for hydroxylation is 2. The highest BCUT2D eigenvalue weighted by molar-refractivity contribution is 7.92. The van der Waals surface area contributed by atoms with Gasteiger partial charge in [-0.1, -0.05) is 6.07 Å². The first-order chi connectivity index (χ1) is 7.51. The lowest BCUT2D eigenvalue weighted by molar-refractivity contribution is 0.571. The minimum atomic E-state index is -3.19. The van der Waals surface area contributed by atoms with Crippen LogP contribution in [-0.4, -0.2) is 20.3 Å². The summed E-state index contributed by atoms with van der Waals surface area (Å²) < 4.78 is 24.5. The van der Waals surface area contributed by atoms with Gasteiger partial charge in [0.1, 0.15) is 5.37 Å². The highest BCUT2D eigenvalue weighted by atomic mass is 32.2. The van der Waals surface area contributed by atoms with Crippen LogP contribution in [0.2, 0.25) is 0 Å². The maximum absolute atomic E-state index is 12.2. The maximum atomic E-state index is 12.2. The predicted molar refractivity (Wildman–Crippen MR) is 64.1 cm³/mol. The molecule has 1 unspecified atom stereocenters. The molecule has 3 nitrogen and oxygen atoms in total. The lowest BCUT2D eigenvalue weighted by Crippen LogP contribution is -2.30. The van der Waals surface area contributed by atoms with Crippen molar-refractivity contribution in [3.63, 3.8) is 0 Å². The second kappa shape index (κ2) is 4.18. The van der Waals surface area contributed by atoms with Crippen molar-refractivity contribution in [3.8, 4) is 0 Å². The van der Waals surface area contributed by atoms with Crippen LogP contribution in [0.4, 0.5) is 0 Å². The molecule has 88 valence electrons. The van der Waals surface area contributed by atoms with E-state index in [4.69, 9.17) is 0 Å². The number of hydrogen-bond donors (Lipinski definition) is 1. The molecule has 0 spiro atoms. The molecule has 0 aromatic heterocycles. The van der Waals surface area contributed by atoms with Gasteiger partial charge in [-0.05, 0) is 56.5 Å². The Morgan fingerprint density at radius 3 is 2.56 bits per heavy atom. The molecule has 1 aromatic rings. The second-order valence-corrected chi connectivity index (χ2v) is 6.51. The SMILES string of the molecule is Cc1ccc(S(=O)(=O)C2CCCN2)cc1C. The second-order valence-electron chi connectivity index (χ2n) is 4.38. The zero-order chi connectivity index (χ0) is 11.8. The van der Waals surface area contributed by atoms with Crippen molar-refractivity contribution < 1.29 is 8.42 Å². The van der Waals surface area contributed by atoms with Crippen LogP contribution in [0, 0.1) is 13.8 Å². The van der Waals surface area contributed by atoms with E-state index in [1.54, 1.807) is 12.1 Å². The molecular weight excluding hydrogens is 222 g/mol. The van der Waals surface area contributed by atoms with Gasteiger partial charge in [0.2, 0.25) is 0 Å². The van der Waals surface area contributed by atoms with E-state index in [9.17, 15) is 8.42 Å². The average Bonchev–Trinajstić information content (AvgIpc) is 2.75. The zero-order valence-corrected chi connectivity index (χ0v) is 10.5. The van der Waals surface area contributed by atoms with Gasteiger partial charge in [0, 0.05) is 0 Å². The lowest BCUT2D eigenvalue weighted by Gasteiger charge is -2.13. The van der Waals surface area contributed by atoms with Crippen LogP contribution in [-0.2, 0) is 9.84 Å². The van der Waals surface area contributed by atoms with Crippen molar-refractivity contribution in [2.45, 2.75) is 37.0 Å². The highest BCUT2D eigenvalue weighted by Gasteiger charge is 2.29. The number of hydrogen-bond acceptors (Lipinski definition) is 3. The lowest BCUT2D eigenvalue weighted by atomic mass is 10.1. The Morgan fingerprint density at radius 2 is 2.00 bits per heavy atom. The van der Waals surface area contributed by atoms with Crippen LogP contribution in [0.3, 0.4) is 0 Å². The van der Waals surface area contributed by atoms with Crippen molar-refractivity contribution in [1.82, 2.24) is 5.32 Å². The fourth-order valence-corrected chi connectivity index (χ4v) is 3.71.